The molecule has 0 fully saturated rings. The Morgan fingerprint density at radius 1 is 1.11 bits per heavy atom. The van der Waals surface area contributed by atoms with Gasteiger partial charge in [0.1, 0.15) is 0 Å². The number of hydrogen-bond donors (Lipinski definition) is 2. The van der Waals surface area contributed by atoms with Crippen LogP contribution in [0.4, 0.5) is 10.7 Å². The standard InChI is InChI=1S/C18H20N4O5S/c1-26-15-11-16(27-2)20-17(19-15)21-18(23)22-28(24,25)14-10-6-5-9-13(14)12-7-3-4-8-12/h5-7,9-11H,3-4,8H2,1-2H3,(H2,19,20,21,22,23). The highest BCUT2D eigenvalue weighted by molar-refractivity contribution is 7.90. The van der Waals surface area contributed by atoms with Crippen molar-refractivity contribution in [1.82, 2.24) is 14.7 Å². The Kier molecular flexibility index (Phi) is 5.78. The second kappa shape index (κ2) is 8.26. The van der Waals surface area contributed by atoms with Crippen LogP contribution < -0.4 is 19.5 Å². The van der Waals surface area contributed by atoms with E-state index in [9.17, 15) is 13.2 Å². The van der Waals surface area contributed by atoms with Gasteiger partial charge in [0.25, 0.3) is 10.0 Å². The fourth-order valence-electron chi connectivity index (χ4n) is 2.85. The quantitative estimate of drug-likeness (QED) is 0.759. The summed E-state index contributed by atoms with van der Waals surface area (Å²) >= 11 is 0. The van der Waals surface area contributed by atoms with Crippen LogP contribution in [0.1, 0.15) is 24.8 Å². The first-order valence-electron chi connectivity index (χ1n) is 8.52. The van der Waals surface area contributed by atoms with Crippen molar-refractivity contribution in [3.8, 4) is 11.8 Å². The zero-order valence-corrected chi connectivity index (χ0v) is 16.2. The lowest BCUT2D eigenvalue weighted by atomic mass is 10.1. The maximum Gasteiger partial charge on any atom is 0.335 e. The molecule has 1 heterocycles. The summed E-state index contributed by atoms with van der Waals surface area (Å²) in [6, 6.07) is 7.01. The van der Waals surface area contributed by atoms with Crippen molar-refractivity contribution in [2.24, 2.45) is 0 Å². The van der Waals surface area contributed by atoms with Gasteiger partial charge in [0, 0.05) is 0 Å². The van der Waals surface area contributed by atoms with Crippen LogP contribution in [-0.2, 0) is 10.0 Å². The molecule has 0 saturated heterocycles. The summed E-state index contributed by atoms with van der Waals surface area (Å²) in [5, 5.41) is 2.28. The first kappa shape index (κ1) is 19.6. The molecule has 0 bridgehead atoms. The minimum atomic E-state index is -4.10. The summed E-state index contributed by atoms with van der Waals surface area (Å²) in [7, 11) is -1.31. The summed E-state index contributed by atoms with van der Waals surface area (Å²) in [6.07, 6.45) is 4.71. The van der Waals surface area contributed by atoms with Crippen molar-refractivity contribution in [2.45, 2.75) is 24.2 Å². The van der Waals surface area contributed by atoms with Crippen LogP contribution in [0.3, 0.4) is 0 Å². The van der Waals surface area contributed by atoms with Gasteiger partial charge >= 0.3 is 6.03 Å². The third-order valence-electron chi connectivity index (χ3n) is 4.11. The normalized spacial score (nSPS) is 13.6. The van der Waals surface area contributed by atoms with Crippen LogP contribution >= 0.6 is 0 Å². The second-order valence-electron chi connectivity index (χ2n) is 5.95. The maximum atomic E-state index is 12.8. The smallest absolute Gasteiger partial charge is 0.335 e. The van der Waals surface area contributed by atoms with Crippen LogP contribution in [-0.4, -0.2) is 38.6 Å². The van der Waals surface area contributed by atoms with Crippen molar-refractivity contribution >= 4 is 27.6 Å². The predicted molar refractivity (Wildman–Crippen MR) is 103 cm³/mol. The average Bonchev–Trinajstić information content (AvgIpc) is 3.21. The van der Waals surface area contributed by atoms with Crippen LogP contribution in [0, 0.1) is 0 Å². The topological polar surface area (TPSA) is 120 Å². The number of nitrogens with one attached hydrogen (secondary N) is 2. The Morgan fingerprint density at radius 2 is 1.79 bits per heavy atom. The fraction of sp³-hybridized carbons (Fsp3) is 0.278. The number of carbonyl (C=O) groups is 1. The van der Waals surface area contributed by atoms with Gasteiger partial charge in [-0.15, -0.1) is 0 Å². The van der Waals surface area contributed by atoms with Gasteiger partial charge in [-0.1, -0.05) is 24.3 Å². The number of urea groups is 1. The van der Waals surface area contributed by atoms with E-state index in [0.717, 1.165) is 24.8 Å². The molecule has 3 rings (SSSR count). The molecule has 0 unspecified atom stereocenters. The number of anilines is 1. The number of hydrogen-bond acceptors (Lipinski definition) is 7. The maximum absolute atomic E-state index is 12.8. The van der Waals surface area contributed by atoms with E-state index in [2.05, 4.69) is 15.3 Å². The zero-order chi connectivity index (χ0) is 20.1. The lowest BCUT2D eigenvalue weighted by Crippen LogP contribution is -2.35. The Bertz CT molecular complexity index is 998. The molecular weight excluding hydrogens is 384 g/mol. The van der Waals surface area contributed by atoms with Gasteiger partial charge in [-0.25, -0.2) is 17.9 Å². The number of sulfonamides is 1. The van der Waals surface area contributed by atoms with Crippen molar-refractivity contribution < 1.29 is 22.7 Å². The molecule has 0 spiro atoms. The third-order valence-corrected chi connectivity index (χ3v) is 5.50. The van der Waals surface area contributed by atoms with Crippen LogP contribution in [0.15, 0.2) is 41.3 Å². The van der Waals surface area contributed by atoms with Crippen molar-refractivity contribution in [3.63, 3.8) is 0 Å². The molecule has 2 N–H and O–H groups in total. The van der Waals surface area contributed by atoms with Gasteiger partial charge in [0.2, 0.25) is 17.7 Å². The zero-order valence-electron chi connectivity index (χ0n) is 15.4. The summed E-state index contributed by atoms with van der Waals surface area (Å²) in [4.78, 5) is 20.2. The van der Waals surface area contributed by atoms with Gasteiger partial charge < -0.3 is 9.47 Å². The molecular formula is C18H20N4O5S. The number of carbonyl (C=O) groups excluding carboxylic acids is 1. The number of methoxy groups -OCH3 is 2. The first-order valence-corrected chi connectivity index (χ1v) is 10.0. The molecule has 9 nitrogen and oxygen atoms in total. The van der Waals surface area contributed by atoms with E-state index in [-0.39, 0.29) is 22.6 Å². The number of allylic oxidation sites excluding steroid dienone is 2. The van der Waals surface area contributed by atoms with Crippen molar-refractivity contribution in [1.29, 1.82) is 0 Å². The lowest BCUT2D eigenvalue weighted by molar-refractivity contribution is 0.256. The number of aromatic nitrogens is 2. The predicted octanol–water partition coefficient (Wildman–Crippen LogP) is 2.57. The molecule has 0 saturated carbocycles. The highest BCUT2D eigenvalue weighted by atomic mass is 32.2. The molecule has 2 aromatic rings. The molecule has 10 heteroatoms. The largest absolute Gasteiger partial charge is 0.481 e. The highest BCUT2D eigenvalue weighted by Gasteiger charge is 2.24. The van der Waals surface area contributed by atoms with E-state index in [1.165, 1.54) is 26.4 Å². The molecule has 2 amide bonds. The Hall–Kier alpha value is -3.14. The van der Waals surface area contributed by atoms with Crippen LogP contribution in [0.2, 0.25) is 0 Å². The molecule has 1 aromatic heterocycles. The summed E-state index contributed by atoms with van der Waals surface area (Å²) in [6.45, 7) is 0. The van der Waals surface area contributed by atoms with Gasteiger partial charge in [0.15, 0.2) is 0 Å². The van der Waals surface area contributed by atoms with E-state index >= 15 is 0 Å². The Balaban J connectivity index is 1.81. The summed E-state index contributed by atoms with van der Waals surface area (Å²) in [5.41, 5.74) is 1.56. The van der Waals surface area contributed by atoms with Crippen molar-refractivity contribution in [2.75, 3.05) is 19.5 Å². The fourth-order valence-corrected chi connectivity index (χ4v) is 4.01. The van der Waals surface area contributed by atoms with E-state index in [4.69, 9.17) is 9.47 Å². The monoisotopic (exact) mass is 404 g/mol. The molecule has 28 heavy (non-hydrogen) atoms. The number of benzene rings is 1. The minimum absolute atomic E-state index is 0.0439. The minimum Gasteiger partial charge on any atom is -0.481 e. The molecule has 1 aromatic carbocycles. The summed E-state index contributed by atoms with van der Waals surface area (Å²) < 4.78 is 37.5. The Morgan fingerprint density at radius 3 is 2.39 bits per heavy atom. The lowest BCUT2D eigenvalue weighted by Gasteiger charge is -2.13. The molecule has 0 radical (unpaired) electrons. The highest BCUT2D eigenvalue weighted by Crippen LogP contribution is 2.31. The Labute approximate surface area is 162 Å². The van der Waals surface area contributed by atoms with Crippen LogP contribution in [0.25, 0.3) is 5.57 Å². The van der Waals surface area contributed by atoms with Gasteiger partial charge in [-0.3, -0.25) is 5.32 Å². The van der Waals surface area contributed by atoms with Gasteiger partial charge in [0.05, 0.1) is 25.2 Å². The first-order chi connectivity index (χ1) is 13.4. The number of amides is 2. The molecule has 148 valence electrons. The molecule has 1 aliphatic carbocycles. The molecule has 0 atom stereocenters. The number of rotatable bonds is 6. The SMILES string of the molecule is COc1cc(OC)nc(NC(=O)NS(=O)(=O)c2ccccc2C2=CCCC2)n1. The van der Waals surface area contributed by atoms with Crippen LogP contribution in [0.5, 0.6) is 11.8 Å². The molecule has 0 aliphatic heterocycles. The van der Waals surface area contributed by atoms with Gasteiger partial charge in [-0.2, -0.15) is 9.97 Å². The van der Waals surface area contributed by atoms with E-state index in [1.807, 2.05) is 10.8 Å². The van der Waals surface area contributed by atoms with E-state index in [1.54, 1.807) is 18.2 Å². The van der Waals surface area contributed by atoms with Crippen molar-refractivity contribution in [3.05, 3.63) is 42.0 Å². The second-order valence-corrected chi connectivity index (χ2v) is 7.60. The van der Waals surface area contributed by atoms with E-state index < -0.39 is 16.1 Å². The average molecular weight is 404 g/mol. The number of nitrogens with zero attached hydrogens (tertiary/aromatic N) is 2. The summed E-state index contributed by atoms with van der Waals surface area (Å²) in [5.74, 6) is 0.155. The number of ether oxygens (including phenoxy) is 2. The van der Waals surface area contributed by atoms with Gasteiger partial charge in [-0.05, 0) is 36.5 Å². The van der Waals surface area contributed by atoms with E-state index in [0.29, 0.717) is 5.56 Å². The third kappa shape index (κ3) is 4.39. The molecule has 1 aliphatic rings.